The second-order valence-corrected chi connectivity index (χ2v) is 4.01. The fraction of sp³-hybridized carbons (Fsp3) is 0.286. The molecule has 0 atom stereocenters. The fourth-order valence-corrected chi connectivity index (χ4v) is 1.68. The Morgan fingerprint density at radius 1 is 1.18 bits per heavy atom. The number of rotatable bonds is 3. The molecule has 0 bridgehead atoms. The lowest BCUT2D eigenvalue weighted by molar-refractivity contribution is 0.280. The van der Waals surface area contributed by atoms with E-state index >= 15 is 0 Å². The van der Waals surface area contributed by atoms with Crippen LogP contribution >= 0.6 is 0 Å². The first-order valence-corrected chi connectivity index (χ1v) is 5.77. The van der Waals surface area contributed by atoms with Gasteiger partial charge in [-0.2, -0.15) is 0 Å². The number of nitrogens with zero attached hydrogens (tertiary/aromatic N) is 2. The van der Waals surface area contributed by atoms with Gasteiger partial charge in [-0.25, -0.2) is 9.97 Å². The minimum atomic E-state index is -0.0130. The molecular weight excluding hydrogens is 212 g/mol. The number of aliphatic hydroxyl groups excluding tert-OH is 1. The van der Waals surface area contributed by atoms with Crippen LogP contribution in [0.25, 0.3) is 11.4 Å². The maximum atomic E-state index is 9.07. The van der Waals surface area contributed by atoms with E-state index in [9.17, 15) is 0 Å². The molecule has 0 radical (unpaired) electrons. The number of aromatic nitrogens is 2. The van der Waals surface area contributed by atoms with Crippen LogP contribution in [0.4, 0.5) is 0 Å². The van der Waals surface area contributed by atoms with Crippen LogP contribution in [0.5, 0.6) is 0 Å². The van der Waals surface area contributed by atoms with Crippen molar-refractivity contribution < 1.29 is 5.11 Å². The first kappa shape index (κ1) is 11.7. The summed E-state index contributed by atoms with van der Waals surface area (Å²) >= 11 is 0. The molecule has 88 valence electrons. The third kappa shape index (κ3) is 2.50. The molecule has 0 amide bonds. The van der Waals surface area contributed by atoms with Crippen molar-refractivity contribution in [2.45, 2.75) is 26.9 Å². The van der Waals surface area contributed by atoms with E-state index in [2.05, 4.69) is 29.0 Å². The Hall–Kier alpha value is -1.74. The first-order valence-electron chi connectivity index (χ1n) is 5.77. The molecule has 0 saturated heterocycles. The summed E-state index contributed by atoms with van der Waals surface area (Å²) < 4.78 is 0. The standard InChI is InChI=1S/C14H16N2O/c1-3-11-4-6-12(7-5-11)14-15-8-13(9-17)10(2)16-14/h4-8,17H,3,9H2,1-2H3. The van der Waals surface area contributed by atoms with Gasteiger partial charge in [0.2, 0.25) is 0 Å². The molecule has 0 aliphatic rings. The Kier molecular flexibility index (Phi) is 3.49. The Labute approximate surface area is 101 Å². The molecule has 0 fully saturated rings. The van der Waals surface area contributed by atoms with Gasteiger partial charge in [0.15, 0.2) is 5.82 Å². The van der Waals surface area contributed by atoms with Crippen LogP contribution < -0.4 is 0 Å². The maximum Gasteiger partial charge on any atom is 0.159 e. The molecule has 1 heterocycles. The van der Waals surface area contributed by atoms with Crippen molar-refractivity contribution in [3.05, 3.63) is 47.3 Å². The van der Waals surface area contributed by atoms with Crippen molar-refractivity contribution in [3.63, 3.8) is 0 Å². The van der Waals surface area contributed by atoms with Gasteiger partial charge in [-0.1, -0.05) is 31.2 Å². The molecule has 3 heteroatoms. The summed E-state index contributed by atoms with van der Waals surface area (Å²) in [6, 6.07) is 8.25. The molecule has 0 saturated carbocycles. The summed E-state index contributed by atoms with van der Waals surface area (Å²) in [7, 11) is 0. The molecule has 1 aromatic heterocycles. The molecule has 17 heavy (non-hydrogen) atoms. The molecule has 1 N–H and O–H groups in total. The van der Waals surface area contributed by atoms with Crippen LogP contribution in [0.1, 0.15) is 23.7 Å². The van der Waals surface area contributed by atoms with Crippen LogP contribution in [-0.4, -0.2) is 15.1 Å². The number of hydrogen-bond acceptors (Lipinski definition) is 3. The molecule has 2 rings (SSSR count). The fourth-order valence-electron chi connectivity index (χ4n) is 1.68. The summed E-state index contributed by atoms with van der Waals surface area (Å²) in [5.41, 5.74) is 3.92. The Morgan fingerprint density at radius 3 is 2.41 bits per heavy atom. The second kappa shape index (κ2) is 5.06. The summed E-state index contributed by atoms with van der Waals surface area (Å²) in [5.74, 6) is 0.711. The van der Waals surface area contributed by atoms with Crippen LogP contribution in [-0.2, 0) is 13.0 Å². The van der Waals surface area contributed by atoms with Crippen molar-refractivity contribution in [2.24, 2.45) is 0 Å². The third-order valence-corrected chi connectivity index (χ3v) is 2.87. The number of aliphatic hydroxyl groups is 1. The normalized spacial score (nSPS) is 10.5. The Bertz CT molecular complexity index is 506. The van der Waals surface area contributed by atoms with Crippen LogP contribution in [0, 0.1) is 6.92 Å². The summed E-state index contributed by atoms with van der Waals surface area (Å²) in [4.78, 5) is 8.66. The zero-order valence-corrected chi connectivity index (χ0v) is 10.1. The highest BCUT2D eigenvalue weighted by atomic mass is 16.3. The van der Waals surface area contributed by atoms with Gasteiger partial charge in [-0.3, -0.25) is 0 Å². The number of hydrogen-bond donors (Lipinski definition) is 1. The van der Waals surface area contributed by atoms with Crippen LogP contribution in [0.2, 0.25) is 0 Å². The lowest BCUT2D eigenvalue weighted by atomic mass is 10.1. The second-order valence-electron chi connectivity index (χ2n) is 4.01. The minimum Gasteiger partial charge on any atom is -0.392 e. The van der Waals surface area contributed by atoms with Crippen molar-refractivity contribution >= 4 is 0 Å². The van der Waals surface area contributed by atoms with Crippen molar-refractivity contribution in [3.8, 4) is 11.4 Å². The number of aryl methyl sites for hydroxylation is 2. The van der Waals surface area contributed by atoms with E-state index in [1.165, 1.54) is 5.56 Å². The van der Waals surface area contributed by atoms with Crippen molar-refractivity contribution in [1.82, 2.24) is 9.97 Å². The Morgan fingerprint density at radius 2 is 1.88 bits per heavy atom. The summed E-state index contributed by atoms with van der Waals surface area (Å²) in [6.07, 6.45) is 2.72. The molecule has 0 aliphatic carbocycles. The zero-order valence-electron chi connectivity index (χ0n) is 10.1. The van der Waals surface area contributed by atoms with E-state index in [0.717, 1.165) is 23.2 Å². The van der Waals surface area contributed by atoms with Gasteiger partial charge in [-0.05, 0) is 18.9 Å². The third-order valence-electron chi connectivity index (χ3n) is 2.87. The van der Waals surface area contributed by atoms with Gasteiger partial charge < -0.3 is 5.11 Å². The van der Waals surface area contributed by atoms with E-state index in [1.54, 1.807) is 6.20 Å². The van der Waals surface area contributed by atoms with Crippen molar-refractivity contribution in [2.75, 3.05) is 0 Å². The molecular formula is C14H16N2O. The van der Waals surface area contributed by atoms with Gasteiger partial charge >= 0.3 is 0 Å². The largest absolute Gasteiger partial charge is 0.392 e. The van der Waals surface area contributed by atoms with Gasteiger partial charge in [0, 0.05) is 23.0 Å². The topological polar surface area (TPSA) is 46.0 Å². The quantitative estimate of drug-likeness (QED) is 0.878. The monoisotopic (exact) mass is 228 g/mol. The van der Waals surface area contributed by atoms with E-state index in [0.29, 0.717) is 5.82 Å². The van der Waals surface area contributed by atoms with Crippen LogP contribution in [0.3, 0.4) is 0 Å². The predicted molar refractivity (Wildman–Crippen MR) is 67.5 cm³/mol. The van der Waals surface area contributed by atoms with Crippen molar-refractivity contribution in [1.29, 1.82) is 0 Å². The molecule has 1 aromatic carbocycles. The summed E-state index contributed by atoms with van der Waals surface area (Å²) in [6.45, 7) is 4.00. The lowest BCUT2D eigenvalue weighted by Gasteiger charge is -2.05. The first-order chi connectivity index (χ1) is 8.24. The molecule has 3 nitrogen and oxygen atoms in total. The molecule has 0 unspecified atom stereocenters. The molecule has 0 spiro atoms. The minimum absolute atomic E-state index is 0.0130. The molecule has 2 aromatic rings. The van der Waals surface area contributed by atoms with Gasteiger partial charge in [0.25, 0.3) is 0 Å². The van der Waals surface area contributed by atoms with E-state index < -0.39 is 0 Å². The highest BCUT2D eigenvalue weighted by Gasteiger charge is 2.04. The van der Waals surface area contributed by atoms with Crippen LogP contribution in [0.15, 0.2) is 30.5 Å². The Balaban J connectivity index is 2.35. The average molecular weight is 228 g/mol. The van der Waals surface area contributed by atoms with Gasteiger partial charge in [0.05, 0.1) is 6.61 Å². The molecule has 0 aliphatic heterocycles. The van der Waals surface area contributed by atoms with E-state index in [4.69, 9.17) is 5.11 Å². The predicted octanol–water partition coefficient (Wildman–Crippen LogP) is 2.51. The van der Waals surface area contributed by atoms with E-state index in [1.807, 2.05) is 19.1 Å². The lowest BCUT2D eigenvalue weighted by Crippen LogP contribution is -1.97. The highest BCUT2D eigenvalue weighted by Crippen LogP contribution is 2.17. The zero-order chi connectivity index (χ0) is 12.3. The smallest absolute Gasteiger partial charge is 0.159 e. The maximum absolute atomic E-state index is 9.07. The van der Waals surface area contributed by atoms with E-state index in [-0.39, 0.29) is 6.61 Å². The SMILES string of the molecule is CCc1ccc(-c2ncc(CO)c(C)n2)cc1. The average Bonchev–Trinajstić information content (AvgIpc) is 2.39. The summed E-state index contributed by atoms with van der Waals surface area (Å²) in [5, 5.41) is 9.07. The highest BCUT2D eigenvalue weighted by molar-refractivity contribution is 5.55. The van der Waals surface area contributed by atoms with Gasteiger partial charge in [-0.15, -0.1) is 0 Å². The van der Waals surface area contributed by atoms with Gasteiger partial charge in [0.1, 0.15) is 0 Å². The number of benzene rings is 1.